The van der Waals surface area contributed by atoms with Crippen LogP contribution in [0.2, 0.25) is 0 Å². The van der Waals surface area contributed by atoms with Crippen LogP contribution < -0.4 is 5.32 Å². The molecule has 0 aromatic heterocycles. The third-order valence-corrected chi connectivity index (χ3v) is 3.80. The molecule has 86 valence electrons. The highest BCUT2D eigenvalue weighted by molar-refractivity contribution is 9.10. The van der Waals surface area contributed by atoms with Gasteiger partial charge in [0.05, 0.1) is 5.56 Å². The van der Waals surface area contributed by atoms with Gasteiger partial charge in [0.1, 0.15) is 0 Å². The minimum atomic E-state index is 0.0139. The molecule has 16 heavy (non-hydrogen) atoms. The average molecular weight is 282 g/mol. The van der Waals surface area contributed by atoms with Gasteiger partial charge >= 0.3 is 0 Å². The first-order valence-electron chi connectivity index (χ1n) is 5.55. The van der Waals surface area contributed by atoms with Crippen LogP contribution in [0.4, 0.5) is 0 Å². The Balaban J connectivity index is 2.02. The molecule has 1 amide bonds. The van der Waals surface area contributed by atoms with Gasteiger partial charge in [-0.2, -0.15) is 0 Å². The standard InChI is InChI=1S/C13H16BrNO/c1-9-3-4-10(11(14)7-9)12(16)15-8-13(2)5-6-13/h3-4,7H,5-6,8H2,1-2H3,(H,15,16). The lowest BCUT2D eigenvalue weighted by molar-refractivity contribution is 0.0945. The van der Waals surface area contributed by atoms with Crippen molar-refractivity contribution in [2.75, 3.05) is 6.54 Å². The van der Waals surface area contributed by atoms with Gasteiger partial charge in [0, 0.05) is 11.0 Å². The molecule has 0 aliphatic heterocycles. The molecule has 2 rings (SSSR count). The van der Waals surface area contributed by atoms with Crippen molar-refractivity contribution in [1.29, 1.82) is 0 Å². The Morgan fingerprint density at radius 1 is 1.50 bits per heavy atom. The second-order valence-electron chi connectivity index (χ2n) is 4.98. The van der Waals surface area contributed by atoms with E-state index in [1.54, 1.807) is 0 Å². The van der Waals surface area contributed by atoms with Crippen LogP contribution in [0, 0.1) is 12.3 Å². The Hall–Kier alpha value is -0.830. The van der Waals surface area contributed by atoms with E-state index in [-0.39, 0.29) is 5.91 Å². The highest BCUT2D eigenvalue weighted by Gasteiger charge is 2.37. The normalized spacial score (nSPS) is 16.9. The summed E-state index contributed by atoms with van der Waals surface area (Å²) in [6.07, 6.45) is 2.45. The molecule has 1 saturated carbocycles. The molecule has 1 aromatic carbocycles. The summed E-state index contributed by atoms with van der Waals surface area (Å²) in [7, 11) is 0. The first-order valence-corrected chi connectivity index (χ1v) is 6.34. The molecular formula is C13H16BrNO. The van der Waals surface area contributed by atoms with Crippen LogP contribution >= 0.6 is 15.9 Å². The van der Waals surface area contributed by atoms with Crippen LogP contribution in [0.15, 0.2) is 22.7 Å². The predicted molar refractivity (Wildman–Crippen MR) is 68.6 cm³/mol. The molecule has 0 heterocycles. The van der Waals surface area contributed by atoms with Gasteiger partial charge in [-0.25, -0.2) is 0 Å². The first-order chi connectivity index (χ1) is 7.50. The van der Waals surface area contributed by atoms with Gasteiger partial charge in [-0.1, -0.05) is 13.0 Å². The fraction of sp³-hybridized carbons (Fsp3) is 0.462. The first kappa shape index (κ1) is 11.6. The zero-order valence-electron chi connectivity index (χ0n) is 9.64. The van der Waals surface area contributed by atoms with Crippen LogP contribution in [-0.2, 0) is 0 Å². The van der Waals surface area contributed by atoms with E-state index < -0.39 is 0 Å². The molecule has 0 unspecified atom stereocenters. The second kappa shape index (κ2) is 4.21. The van der Waals surface area contributed by atoms with Gasteiger partial charge < -0.3 is 5.32 Å². The summed E-state index contributed by atoms with van der Waals surface area (Å²) in [5.74, 6) is 0.0139. The molecule has 3 heteroatoms. The fourth-order valence-electron chi connectivity index (χ4n) is 1.58. The van der Waals surface area contributed by atoms with Gasteiger partial charge in [0.25, 0.3) is 5.91 Å². The number of aryl methyl sites for hydroxylation is 1. The van der Waals surface area contributed by atoms with E-state index in [1.165, 1.54) is 12.8 Å². The van der Waals surface area contributed by atoms with E-state index in [2.05, 4.69) is 28.2 Å². The van der Waals surface area contributed by atoms with Crippen molar-refractivity contribution in [3.8, 4) is 0 Å². The van der Waals surface area contributed by atoms with Crippen LogP contribution in [0.3, 0.4) is 0 Å². The number of benzene rings is 1. The van der Waals surface area contributed by atoms with E-state index in [4.69, 9.17) is 0 Å². The molecule has 0 radical (unpaired) electrons. The molecule has 1 aliphatic carbocycles. The maximum absolute atomic E-state index is 11.9. The number of carbonyl (C=O) groups is 1. The molecule has 1 aromatic rings. The zero-order chi connectivity index (χ0) is 11.8. The van der Waals surface area contributed by atoms with E-state index in [0.29, 0.717) is 5.41 Å². The smallest absolute Gasteiger partial charge is 0.252 e. The van der Waals surface area contributed by atoms with Gasteiger partial charge in [-0.15, -0.1) is 0 Å². The molecular weight excluding hydrogens is 266 g/mol. The Bertz CT molecular complexity index is 424. The minimum Gasteiger partial charge on any atom is -0.351 e. The number of amides is 1. The minimum absolute atomic E-state index is 0.0139. The van der Waals surface area contributed by atoms with Gasteiger partial charge in [0.2, 0.25) is 0 Å². The topological polar surface area (TPSA) is 29.1 Å². The van der Waals surface area contributed by atoms with E-state index >= 15 is 0 Å². The summed E-state index contributed by atoms with van der Waals surface area (Å²) in [4.78, 5) is 11.9. The molecule has 0 saturated heterocycles. The lowest BCUT2D eigenvalue weighted by atomic mass is 10.1. The molecule has 0 atom stereocenters. The van der Waals surface area contributed by atoms with Gasteiger partial charge in [0.15, 0.2) is 0 Å². The van der Waals surface area contributed by atoms with Crippen molar-refractivity contribution >= 4 is 21.8 Å². The summed E-state index contributed by atoms with van der Waals surface area (Å²) >= 11 is 3.42. The molecule has 0 spiro atoms. The fourth-order valence-corrected chi connectivity index (χ4v) is 2.26. The van der Waals surface area contributed by atoms with Crippen molar-refractivity contribution in [1.82, 2.24) is 5.32 Å². The van der Waals surface area contributed by atoms with Gasteiger partial charge in [-0.3, -0.25) is 4.79 Å². The zero-order valence-corrected chi connectivity index (χ0v) is 11.2. The monoisotopic (exact) mass is 281 g/mol. The number of hydrogen-bond acceptors (Lipinski definition) is 1. The highest BCUT2D eigenvalue weighted by atomic mass is 79.9. The van der Waals surface area contributed by atoms with Gasteiger partial charge in [-0.05, 0) is 58.8 Å². The number of halogens is 1. The second-order valence-corrected chi connectivity index (χ2v) is 5.83. The Labute approximate surface area is 105 Å². The van der Waals surface area contributed by atoms with Crippen LogP contribution in [-0.4, -0.2) is 12.5 Å². The SMILES string of the molecule is Cc1ccc(C(=O)NCC2(C)CC2)c(Br)c1. The Morgan fingerprint density at radius 2 is 2.19 bits per heavy atom. The summed E-state index contributed by atoms with van der Waals surface area (Å²) in [6, 6.07) is 5.79. The predicted octanol–water partition coefficient (Wildman–Crippen LogP) is 3.29. The summed E-state index contributed by atoms with van der Waals surface area (Å²) < 4.78 is 0.867. The maximum Gasteiger partial charge on any atom is 0.252 e. The molecule has 1 fully saturated rings. The Kier molecular flexibility index (Phi) is 3.06. The van der Waals surface area contributed by atoms with Crippen LogP contribution in [0.5, 0.6) is 0 Å². The van der Waals surface area contributed by atoms with Crippen molar-refractivity contribution < 1.29 is 4.79 Å². The van der Waals surface area contributed by atoms with Crippen LogP contribution in [0.1, 0.15) is 35.7 Å². The highest BCUT2D eigenvalue weighted by Crippen LogP contribution is 2.44. The number of hydrogen-bond donors (Lipinski definition) is 1. The number of carbonyl (C=O) groups excluding carboxylic acids is 1. The summed E-state index contributed by atoms with van der Waals surface area (Å²) in [6.45, 7) is 5.00. The lowest BCUT2D eigenvalue weighted by Crippen LogP contribution is -2.29. The number of nitrogens with one attached hydrogen (secondary N) is 1. The van der Waals surface area contributed by atoms with Crippen molar-refractivity contribution in [2.24, 2.45) is 5.41 Å². The molecule has 1 N–H and O–H groups in total. The third-order valence-electron chi connectivity index (χ3n) is 3.15. The van der Waals surface area contributed by atoms with E-state index in [9.17, 15) is 4.79 Å². The maximum atomic E-state index is 11.9. The molecule has 2 nitrogen and oxygen atoms in total. The quantitative estimate of drug-likeness (QED) is 0.905. The van der Waals surface area contributed by atoms with Crippen molar-refractivity contribution in [3.63, 3.8) is 0 Å². The van der Waals surface area contributed by atoms with Crippen LogP contribution in [0.25, 0.3) is 0 Å². The molecule has 0 bridgehead atoms. The largest absolute Gasteiger partial charge is 0.351 e. The van der Waals surface area contributed by atoms with E-state index in [1.807, 2.05) is 25.1 Å². The molecule has 1 aliphatic rings. The third kappa shape index (κ3) is 2.64. The summed E-state index contributed by atoms with van der Waals surface area (Å²) in [5, 5.41) is 2.99. The Morgan fingerprint density at radius 3 is 2.75 bits per heavy atom. The van der Waals surface area contributed by atoms with Crippen molar-refractivity contribution in [2.45, 2.75) is 26.7 Å². The average Bonchev–Trinajstić information content (AvgIpc) is 2.94. The lowest BCUT2D eigenvalue weighted by Gasteiger charge is -2.11. The van der Waals surface area contributed by atoms with Crippen molar-refractivity contribution in [3.05, 3.63) is 33.8 Å². The van der Waals surface area contributed by atoms with E-state index in [0.717, 1.165) is 22.1 Å². The summed E-state index contributed by atoms with van der Waals surface area (Å²) in [5.41, 5.74) is 2.22. The number of rotatable bonds is 3.